The SMILES string of the molecule is CCCCCCC(C)(NCC(C)C)C(=O)OC. The van der Waals surface area contributed by atoms with Crippen molar-refractivity contribution in [2.24, 2.45) is 5.92 Å². The highest BCUT2D eigenvalue weighted by Crippen LogP contribution is 2.17. The number of carbonyl (C=O) groups excluding carboxylic acids is 1. The van der Waals surface area contributed by atoms with Gasteiger partial charge in [0.15, 0.2) is 0 Å². The number of unbranched alkanes of at least 4 members (excludes halogenated alkanes) is 3. The standard InChI is InChI=1S/C14H29NO2/c1-6-7-8-9-10-14(4,13(16)17-5)15-11-12(2)3/h12,15H,6-11H2,1-5H3. The molecule has 0 aliphatic carbocycles. The van der Waals surface area contributed by atoms with Gasteiger partial charge in [0.1, 0.15) is 5.54 Å². The fourth-order valence-electron chi connectivity index (χ4n) is 1.82. The highest BCUT2D eigenvalue weighted by atomic mass is 16.5. The van der Waals surface area contributed by atoms with Gasteiger partial charge in [0.25, 0.3) is 0 Å². The number of hydrogen-bond donors (Lipinski definition) is 1. The van der Waals surface area contributed by atoms with Gasteiger partial charge in [-0.15, -0.1) is 0 Å². The molecular formula is C14H29NO2. The Morgan fingerprint density at radius 2 is 1.94 bits per heavy atom. The summed E-state index contributed by atoms with van der Waals surface area (Å²) in [7, 11) is 1.46. The van der Waals surface area contributed by atoms with Crippen LogP contribution in [-0.2, 0) is 9.53 Å². The highest BCUT2D eigenvalue weighted by molar-refractivity contribution is 5.80. The molecule has 0 aliphatic heterocycles. The van der Waals surface area contributed by atoms with Crippen molar-refractivity contribution in [3.05, 3.63) is 0 Å². The first-order valence-corrected chi connectivity index (χ1v) is 6.79. The van der Waals surface area contributed by atoms with Crippen molar-refractivity contribution < 1.29 is 9.53 Å². The van der Waals surface area contributed by atoms with Crippen LogP contribution in [0.4, 0.5) is 0 Å². The first kappa shape index (κ1) is 16.4. The van der Waals surface area contributed by atoms with Gasteiger partial charge in [-0.3, -0.25) is 4.79 Å². The van der Waals surface area contributed by atoms with E-state index in [4.69, 9.17) is 4.74 Å². The molecule has 0 saturated heterocycles. The predicted octanol–water partition coefficient (Wildman–Crippen LogP) is 3.13. The van der Waals surface area contributed by atoms with Crippen molar-refractivity contribution in [2.45, 2.75) is 65.3 Å². The molecule has 0 fully saturated rings. The lowest BCUT2D eigenvalue weighted by Crippen LogP contribution is -2.51. The van der Waals surface area contributed by atoms with Crippen LogP contribution in [0, 0.1) is 5.92 Å². The maximum atomic E-state index is 11.8. The molecule has 102 valence electrons. The molecule has 1 N–H and O–H groups in total. The zero-order valence-corrected chi connectivity index (χ0v) is 12.1. The molecule has 0 saturated carbocycles. The number of rotatable bonds is 9. The number of nitrogens with one attached hydrogen (secondary N) is 1. The van der Waals surface area contributed by atoms with Crippen LogP contribution in [0.25, 0.3) is 0 Å². The van der Waals surface area contributed by atoms with Crippen molar-refractivity contribution in [3.63, 3.8) is 0 Å². The topological polar surface area (TPSA) is 38.3 Å². The molecule has 1 unspecified atom stereocenters. The lowest BCUT2D eigenvalue weighted by molar-refractivity contribution is -0.148. The number of methoxy groups -OCH3 is 1. The summed E-state index contributed by atoms with van der Waals surface area (Å²) < 4.78 is 4.90. The summed E-state index contributed by atoms with van der Waals surface area (Å²) in [4.78, 5) is 11.8. The number of hydrogen-bond acceptors (Lipinski definition) is 3. The van der Waals surface area contributed by atoms with E-state index in [9.17, 15) is 4.79 Å². The quantitative estimate of drug-likeness (QED) is 0.499. The van der Waals surface area contributed by atoms with Gasteiger partial charge in [0, 0.05) is 0 Å². The third-order valence-electron chi connectivity index (χ3n) is 3.07. The second kappa shape index (κ2) is 8.51. The third kappa shape index (κ3) is 6.67. The van der Waals surface area contributed by atoms with Gasteiger partial charge >= 0.3 is 5.97 Å². The average Bonchev–Trinajstić information content (AvgIpc) is 2.31. The van der Waals surface area contributed by atoms with Crippen molar-refractivity contribution in [1.82, 2.24) is 5.32 Å². The summed E-state index contributed by atoms with van der Waals surface area (Å²) in [6.07, 6.45) is 5.57. The maximum absolute atomic E-state index is 11.8. The van der Waals surface area contributed by atoms with Gasteiger partial charge in [-0.25, -0.2) is 0 Å². The number of esters is 1. The molecule has 0 heterocycles. The molecule has 1 atom stereocenters. The second-order valence-electron chi connectivity index (χ2n) is 5.41. The fourth-order valence-corrected chi connectivity index (χ4v) is 1.82. The van der Waals surface area contributed by atoms with E-state index < -0.39 is 5.54 Å². The van der Waals surface area contributed by atoms with E-state index in [1.807, 2.05) is 6.92 Å². The Balaban J connectivity index is 4.24. The summed E-state index contributed by atoms with van der Waals surface area (Å²) in [6.45, 7) is 9.27. The highest BCUT2D eigenvalue weighted by Gasteiger charge is 2.33. The molecule has 17 heavy (non-hydrogen) atoms. The van der Waals surface area contributed by atoms with Gasteiger partial charge < -0.3 is 10.1 Å². The Labute approximate surface area is 106 Å². The molecule has 0 aromatic rings. The Hall–Kier alpha value is -0.570. The first-order chi connectivity index (χ1) is 7.96. The van der Waals surface area contributed by atoms with Crippen molar-refractivity contribution in [3.8, 4) is 0 Å². The summed E-state index contributed by atoms with van der Waals surface area (Å²) in [5.74, 6) is 0.393. The minimum atomic E-state index is -0.521. The summed E-state index contributed by atoms with van der Waals surface area (Å²) >= 11 is 0. The summed E-state index contributed by atoms with van der Waals surface area (Å²) in [5, 5.41) is 3.35. The third-order valence-corrected chi connectivity index (χ3v) is 3.07. The smallest absolute Gasteiger partial charge is 0.325 e. The van der Waals surface area contributed by atoms with Crippen LogP contribution < -0.4 is 5.32 Å². The van der Waals surface area contributed by atoms with Gasteiger partial charge in [0.2, 0.25) is 0 Å². The van der Waals surface area contributed by atoms with Crippen LogP contribution in [0.5, 0.6) is 0 Å². The molecule has 0 aliphatic rings. The molecule has 0 spiro atoms. The molecule has 0 radical (unpaired) electrons. The lowest BCUT2D eigenvalue weighted by Gasteiger charge is -2.29. The predicted molar refractivity (Wildman–Crippen MR) is 72.0 cm³/mol. The van der Waals surface area contributed by atoms with Gasteiger partial charge in [-0.2, -0.15) is 0 Å². The summed E-state index contributed by atoms with van der Waals surface area (Å²) in [5.41, 5.74) is -0.521. The van der Waals surface area contributed by atoms with Crippen LogP contribution in [-0.4, -0.2) is 25.2 Å². The molecule has 3 heteroatoms. The first-order valence-electron chi connectivity index (χ1n) is 6.79. The van der Waals surface area contributed by atoms with Crippen molar-refractivity contribution in [1.29, 1.82) is 0 Å². The Kier molecular flexibility index (Phi) is 8.23. The molecule has 0 aromatic heterocycles. The van der Waals surface area contributed by atoms with E-state index in [-0.39, 0.29) is 5.97 Å². The molecule has 0 amide bonds. The minimum absolute atomic E-state index is 0.144. The van der Waals surface area contributed by atoms with Crippen LogP contribution in [0.1, 0.15) is 59.8 Å². The van der Waals surface area contributed by atoms with Crippen molar-refractivity contribution in [2.75, 3.05) is 13.7 Å². The Bertz CT molecular complexity index is 216. The maximum Gasteiger partial charge on any atom is 0.325 e. The van der Waals surface area contributed by atoms with Crippen LogP contribution in [0.3, 0.4) is 0 Å². The Morgan fingerprint density at radius 1 is 1.29 bits per heavy atom. The molecule has 3 nitrogen and oxygen atoms in total. The van der Waals surface area contributed by atoms with E-state index >= 15 is 0 Å². The summed E-state index contributed by atoms with van der Waals surface area (Å²) in [6, 6.07) is 0. The van der Waals surface area contributed by atoms with E-state index in [1.54, 1.807) is 0 Å². The van der Waals surface area contributed by atoms with E-state index in [0.717, 1.165) is 19.4 Å². The monoisotopic (exact) mass is 243 g/mol. The van der Waals surface area contributed by atoms with Gasteiger partial charge in [-0.05, 0) is 25.8 Å². The van der Waals surface area contributed by atoms with Gasteiger partial charge in [-0.1, -0.05) is 46.5 Å². The van der Waals surface area contributed by atoms with Gasteiger partial charge in [0.05, 0.1) is 7.11 Å². The zero-order valence-electron chi connectivity index (χ0n) is 12.1. The largest absolute Gasteiger partial charge is 0.468 e. The van der Waals surface area contributed by atoms with Crippen LogP contribution in [0.2, 0.25) is 0 Å². The minimum Gasteiger partial charge on any atom is -0.468 e. The van der Waals surface area contributed by atoms with Crippen LogP contribution >= 0.6 is 0 Å². The average molecular weight is 243 g/mol. The molecule has 0 aromatic carbocycles. The van der Waals surface area contributed by atoms with E-state index in [0.29, 0.717) is 5.92 Å². The molecule has 0 bridgehead atoms. The molecule has 0 rings (SSSR count). The second-order valence-corrected chi connectivity index (χ2v) is 5.41. The number of ether oxygens (including phenoxy) is 1. The van der Waals surface area contributed by atoms with Crippen molar-refractivity contribution >= 4 is 5.97 Å². The van der Waals surface area contributed by atoms with E-state index in [2.05, 4.69) is 26.1 Å². The zero-order chi connectivity index (χ0) is 13.3. The lowest BCUT2D eigenvalue weighted by atomic mass is 9.93. The fraction of sp³-hybridized carbons (Fsp3) is 0.929. The number of carbonyl (C=O) groups is 1. The van der Waals surface area contributed by atoms with Crippen LogP contribution in [0.15, 0.2) is 0 Å². The Morgan fingerprint density at radius 3 is 2.41 bits per heavy atom. The molecular weight excluding hydrogens is 214 g/mol. The normalized spacial score (nSPS) is 14.7. The van der Waals surface area contributed by atoms with E-state index in [1.165, 1.54) is 26.4 Å².